The number of pyridine rings is 1. The molecule has 1 atom stereocenters. The predicted molar refractivity (Wildman–Crippen MR) is 77.2 cm³/mol. The summed E-state index contributed by atoms with van der Waals surface area (Å²) >= 11 is 1.77. The van der Waals surface area contributed by atoms with Crippen LogP contribution in [-0.4, -0.2) is 15.8 Å². The van der Waals surface area contributed by atoms with Crippen LogP contribution in [0.3, 0.4) is 0 Å². The molecular formula is C15H15FN2OS. The Balaban J connectivity index is 1.73. The number of hydrogen-bond donors (Lipinski definition) is 2. The number of fused-ring (bicyclic) bond motifs is 1. The molecular weight excluding hydrogens is 275 g/mol. The number of benzene rings is 1. The summed E-state index contributed by atoms with van der Waals surface area (Å²) in [4.78, 5) is 5.29. The molecule has 2 aromatic rings. The minimum absolute atomic E-state index is 0.151. The number of thioether (sulfide) groups is 1. The number of halogens is 1. The predicted octanol–water partition coefficient (Wildman–Crippen LogP) is 3.25. The van der Waals surface area contributed by atoms with Crippen LogP contribution in [0.15, 0.2) is 41.4 Å². The van der Waals surface area contributed by atoms with Gasteiger partial charge in [-0.05, 0) is 48.1 Å². The van der Waals surface area contributed by atoms with E-state index in [0.29, 0.717) is 6.54 Å². The molecule has 2 N–H and O–H groups in total. The fourth-order valence-corrected chi connectivity index (χ4v) is 3.43. The van der Waals surface area contributed by atoms with Gasteiger partial charge in [0.25, 0.3) is 0 Å². The third-order valence-electron chi connectivity index (χ3n) is 3.35. The van der Waals surface area contributed by atoms with Gasteiger partial charge in [0.15, 0.2) is 0 Å². The van der Waals surface area contributed by atoms with Gasteiger partial charge in [-0.3, -0.25) is 4.98 Å². The van der Waals surface area contributed by atoms with E-state index in [1.807, 2.05) is 6.07 Å². The molecule has 3 rings (SSSR count). The second-order valence-electron chi connectivity index (χ2n) is 4.76. The summed E-state index contributed by atoms with van der Waals surface area (Å²) in [5.41, 5.74) is 1.89. The number of hydrogen-bond acceptors (Lipinski definition) is 4. The van der Waals surface area contributed by atoms with Crippen molar-refractivity contribution in [1.82, 2.24) is 10.3 Å². The summed E-state index contributed by atoms with van der Waals surface area (Å²) < 4.78 is 13.4. The van der Waals surface area contributed by atoms with Crippen molar-refractivity contribution in [2.75, 3.05) is 5.75 Å². The standard InChI is InChI=1S/C15H15FN2OS/c16-10-1-4-15-13(7-10)14(5-6-20-15)18-8-11-2-3-12(19)9-17-11/h1-4,7,9,14,18-19H,5-6,8H2. The molecule has 0 bridgehead atoms. The minimum Gasteiger partial charge on any atom is -0.506 e. The van der Waals surface area contributed by atoms with Gasteiger partial charge in [-0.1, -0.05) is 0 Å². The zero-order chi connectivity index (χ0) is 13.9. The molecule has 104 valence electrons. The van der Waals surface area contributed by atoms with E-state index < -0.39 is 0 Å². The highest BCUT2D eigenvalue weighted by atomic mass is 32.2. The lowest BCUT2D eigenvalue weighted by Gasteiger charge is -2.26. The summed E-state index contributed by atoms with van der Waals surface area (Å²) in [6.07, 6.45) is 2.40. The zero-order valence-corrected chi connectivity index (χ0v) is 11.7. The lowest BCUT2D eigenvalue weighted by Crippen LogP contribution is -2.24. The van der Waals surface area contributed by atoms with E-state index in [0.717, 1.165) is 28.3 Å². The monoisotopic (exact) mass is 290 g/mol. The van der Waals surface area contributed by atoms with Crippen LogP contribution in [0.25, 0.3) is 0 Å². The van der Waals surface area contributed by atoms with Gasteiger partial charge in [-0.15, -0.1) is 11.8 Å². The summed E-state index contributed by atoms with van der Waals surface area (Å²) in [6, 6.07) is 8.53. The molecule has 2 heterocycles. The SMILES string of the molecule is Oc1ccc(CNC2CCSc3ccc(F)cc32)nc1. The van der Waals surface area contributed by atoms with Crippen molar-refractivity contribution >= 4 is 11.8 Å². The molecule has 0 saturated heterocycles. The van der Waals surface area contributed by atoms with Gasteiger partial charge >= 0.3 is 0 Å². The average Bonchev–Trinajstić information content (AvgIpc) is 2.47. The van der Waals surface area contributed by atoms with Crippen molar-refractivity contribution in [3.63, 3.8) is 0 Å². The second-order valence-corrected chi connectivity index (χ2v) is 5.90. The number of rotatable bonds is 3. The van der Waals surface area contributed by atoms with Crippen molar-refractivity contribution in [1.29, 1.82) is 0 Å². The first-order valence-corrected chi connectivity index (χ1v) is 7.50. The molecule has 0 spiro atoms. The Hall–Kier alpha value is -1.59. The zero-order valence-electron chi connectivity index (χ0n) is 10.8. The van der Waals surface area contributed by atoms with Crippen molar-refractivity contribution in [3.8, 4) is 5.75 Å². The third-order valence-corrected chi connectivity index (χ3v) is 4.47. The molecule has 0 amide bonds. The minimum atomic E-state index is -0.194. The first kappa shape index (κ1) is 13.4. The Morgan fingerprint density at radius 1 is 1.35 bits per heavy atom. The van der Waals surface area contributed by atoms with Gasteiger partial charge in [0.2, 0.25) is 0 Å². The largest absolute Gasteiger partial charge is 0.506 e. The molecule has 1 aliphatic rings. The molecule has 0 aliphatic carbocycles. The van der Waals surface area contributed by atoms with Crippen molar-refractivity contribution in [2.45, 2.75) is 23.9 Å². The average molecular weight is 290 g/mol. The fourth-order valence-electron chi connectivity index (χ4n) is 2.33. The first-order chi connectivity index (χ1) is 9.72. The summed E-state index contributed by atoms with van der Waals surface area (Å²) in [5.74, 6) is 0.996. The molecule has 3 nitrogen and oxygen atoms in total. The highest BCUT2D eigenvalue weighted by Gasteiger charge is 2.20. The maximum absolute atomic E-state index is 13.4. The number of nitrogens with zero attached hydrogens (tertiary/aromatic N) is 1. The molecule has 0 radical (unpaired) electrons. The lowest BCUT2D eigenvalue weighted by atomic mass is 10.0. The smallest absolute Gasteiger partial charge is 0.133 e. The molecule has 20 heavy (non-hydrogen) atoms. The normalized spacial score (nSPS) is 17.8. The van der Waals surface area contributed by atoms with Crippen molar-refractivity contribution < 1.29 is 9.50 Å². The van der Waals surface area contributed by atoms with E-state index in [1.165, 1.54) is 12.3 Å². The summed E-state index contributed by atoms with van der Waals surface area (Å²) in [6.45, 7) is 0.603. The van der Waals surface area contributed by atoms with E-state index in [-0.39, 0.29) is 17.6 Å². The second kappa shape index (κ2) is 5.81. The van der Waals surface area contributed by atoms with Crippen molar-refractivity contribution in [2.24, 2.45) is 0 Å². The fraction of sp³-hybridized carbons (Fsp3) is 0.267. The Morgan fingerprint density at radius 2 is 2.25 bits per heavy atom. The van der Waals surface area contributed by atoms with Gasteiger partial charge in [0, 0.05) is 17.5 Å². The Kier molecular flexibility index (Phi) is 3.89. The topological polar surface area (TPSA) is 45.1 Å². The van der Waals surface area contributed by atoms with E-state index in [9.17, 15) is 9.50 Å². The Bertz CT molecular complexity index is 603. The highest BCUT2D eigenvalue weighted by Crippen LogP contribution is 2.36. The van der Waals surface area contributed by atoms with Crippen LogP contribution >= 0.6 is 11.8 Å². The van der Waals surface area contributed by atoms with E-state index in [1.54, 1.807) is 30.0 Å². The number of aromatic hydroxyl groups is 1. The highest BCUT2D eigenvalue weighted by molar-refractivity contribution is 7.99. The van der Waals surface area contributed by atoms with Crippen LogP contribution in [0.5, 0.6) is 5.75 Å². The quantitative estimate of drug-likeness (QED) is 0.911. The first-order valence-electron chi connectivity index (χ1n) is 6.52. The molecule has 0 fully saturated rings. The Labute approximate surface area is 121 Å². The lowest BCUT2D eigenvalue weighted by molar-refractivity contribution is 0.469. The summed E-state index contributed by atoms with van der Waals surface area (Å²) in [5, 5.41) is 12.6. The number of nitrogens with one attached hydrogen (secondary N) is 1. The van der Waals surface area contributed by atoms with Crippen LogP contribution in [0.2, 0.25) is 0 Å². The van der Waals surface area contributed by atoms with Crippen LogP contribution < -0.4 is 5.32 Å². The Morgan fingerprint density at radius 3 is 3.05 bits per heavy atom. The molecule has 1 unspecified atom stereocenters. The van der Waals surface area contributed by atoms with Crippen LogP contribution in [0.4, 0.5) is 4.39 Å². The molecule has 1 aliphatic heterocycles. The molecule has 5 heteroatoms. The van der Waals surface area contributed by atoms with E-state index >= 15 is 0 Å². The van der Waals surface area contributed by atoms with E-state index in [4.69, 9.17) is 0 Å². The van der Waals surface area contributed by atoms with Crippen LogP contribution in [-0.2, 0) is 6.54 Å². The van der Waals surface area contributed by atoms with Gasteiger partial charge in [-0.25, -0.2) is 4.39 Å². The van der Waals surface area contributed by atoms with Gasteiger partial charge in [0.1, 0.15) is 11.6 Å². The third kappa shape index (κ3) is 2.94. The molecule has 1 aromatic carbocycles. The molecule has 1 aromatic heterocycles. The van der Waals surface area contributed by atoms with Gasteiger partial charge in [0.05, 0.1) is 11.9 Å². The van der Waals surface area contributed by atoms with Gasteiger partial charge < -0.3 is 10.4 Å². The van der Waals surface area contributed by atoms with Gasteiger partial charge in [-0.2, -0.15) is 0 Å². The maximum Gasteiger partial charge on any atom is 0.133 e. The number of aromatic nitrogens is 1. The van der Waals surface area contributed by atoms with Crippen LogP contribution in [0.1, 0.15) is 23.7 Å². The van der Waals surface area contributed by atoms with E-state index in [2.05, 4.69) is 10.3 Å². The van der Waals surface area contributed by atoms with Crippen LogP contribution in [0, 0.1) is 5.82 Å². The summed E-state index contributed by atoms with van der Waals surface area (Å²) in [7, 11) is 0. The van der Waals surface area contributed by atoms with Crippen molar-refractivity contribution in [3.05, 3.63) is 53.6 Å². The molecule has 0 saturated carbocycles. The maximum atomic E-state index is 13.4.